The molecular weight excluding hydrogens is 166 g/mol. The van der Waals surface area contributed by atoms with E-state index in [9.17, 15) is 4.79 Å². The van der Waals surface area contributed by atoms with Gasteiger partial charge in [0.2, 0.25) is 0 Å². The van der Waals surface area contributed by atoms with E-state index in [-0.39, 0.29) is 6.61 Å². The second-order valence-electron chi connectivity index (χ2n) is 3.20. The molecule has 0 aliphatic heterocycles. The summed E-state index contributed by atoms with van der Waals surface area (Å²) < 4.78 is 0. The van der Waals surface area contributed by atoms with Crippen molar-refractivity contribution < 1.29 is 9.90 Å². The Labute approximate surface area is 80.5 Å². The Balaban J connectivity index is 2.79. The van der Waals surface area contributed by atoms with Gasteiger partial charge >= 0.3 is 0 Å². The number of hydrogen-bond acceptors (Lipinski definition) is 3. The Bertz CT molecular complexity index is 107. The number of aldehydes is 1. The quantitative estimate of drug-likeness (QED) is 0.398. The van der Waals surface area contributed by atoms with Crippen LogP contribution in [0.25, 0.3) is 0 Å². The smallest absolute Gasteiger partial charge is 0.119 e. The van der Waals surface area contributed by atoms with Crippen LogP contribution in [-0.2, 0) is 4.79 Å². The minimum Gasteiger partial charge on any atom is -0.395 e. The lowest BCUT2D eigenvalue weighted by Gasteiger charge is -2.01. The minimum atomic E-state index is 0.222. The molecule has 0 bridgehead atoms. The number of aliphatic hydroxyl groups excluding tert-OH is 1. The third kappa shape index (κ3) is 11.6. The minimum absolute atomic E-state index is 0.222. The molecule has 0 aliphatic rings. The maximum atomic E-state index is 9.98. The van der Waals surface area contributed by atoms with Gasteiger partial charge in [0.05, 0.1) is 6.61 Å². The molecule has 3 nitrogen and oxygen atoms in total. The summed E-state index contributed by atoms with van der Waals surface area (Å²) in [4.78, 5) is 9.98. The molecule has 0 saturated heterocycles. The lowest BCUT2D eigenvalue weighted by Crippen LogP contribution is -2.19. The van der Waals surface area contributed by atoms with Crippen molar-refractivity contribution in [2.75, 3.05) is 19.7 Å². The molecule has 0 saturated carbocycles. The van der Waals surface area contributed by atoms with Crippen LogP contribution in [0.1, 0.15) is 38.5 Å². The van der Waals surface area contributed by atoms with Gasteiger partial charge in [-0.05, 0) is 19.4 Å². The average molecular weight is 187 g/mol. The molecule has 0 unspecified atom stereocenters. The molecule has 0 spiro atoms. The Kier molecular flexibility index (Phi) is 11.2. The topological polar surface area (TPSA) is 49.3 Å². The van der Waals surface area contributed by atoms with E-state index in [0.29, 0.717) is 13.0 Å². The van der Waals surface area contributed by atoms with E-state index in [0.717, 1.165) is 19.3 Å². The van der Waals surface area contributed by atoms with Crippen molar-refractivity contribution in [3.05, 3.63) is 0 Å². The SMILES string of the molecule is O=CCCCCCCCNCCO. The fraction of sp³-hybridized carbons (Fsp3) is 0.900. The molecule has 0 radical (unpaired) electrons. The molecule has 0 rings (SSSR count). The predicted octanol–water partition coefficient (Wildman–Crippen LogP) is 1.11. The van der Waals surface area contributed by atoms with Crippen LogP contribution in [0.4, 0.5) is 0 Å². The van der Waals surface area contributed by atoms with Crippen molar-refractivity contribution in [3.63, 3.8) is 0 Å². The molecule has 0 aromatic rings. The van der Waals surface area contributed by atoms with Gasteiger partial charge in [-0.15, -0.1) is 0 Å². The molecule has 0 fully saturated rings. The molecule has 0 amide bonds. The first-order chi connectivity index (χ1) is 6.41. The third-order valence-electron chi connectivity index (χ3n) is 1.96. The summed E-state index contributed by atoms with van der Waals surface area (Å²) in [6, 6.07) is 0. The summed E-state index contributed by atoms with van der Waals surface area (Å²) in [6.45, 7) is 1.92. The highest BCUT2D eigenvalue weighted by Gasteiger charge is 1.90. The Morgan fingerprint density at radius 2 is 1.69 bits per heavy atom. The normalized spacial score (nSPS) is 10.2. The van der Waals surface area contributed by atoms with Gasteiger partial charge in [0.15, 0.2) is 0 Å². The number of aliphatic hydroxyl groups is 1. The maximum absolute atomic E-state index is 9.98. The summed E-state index contributed by atoms with van der Waals surface area (Å²) in [5.74, 6) is 0. The molecule has 13 heavy (non-hydrogen) atoms. The lowest BCUT2D eigenvalue weighted by molar-refractivity contribution is -0.107. The molecular formula is C10H21NO2. The summed E-state index contributed by atoms with van der Waals surface area (Å²) in [7, 11) is 0. The Morgan fingerprint density at radius 1 is 1.00 bits per heavy atom. The second kappa shape index (κ2) is 11.6. The highest BCUT2D eigenvalue weighted by atomic mass is 16.3. The van der Waals surface area contributed by atoms with Crippen LogP contribution >= 0.6 is 0 Å². The van der Waals surface area contributed by atoms with Crippen molar-refractivity contribution in [1.82, 2.24) is 5.32 Å². The van der Waals surface area contributed by atoms with E-state index in [2.05, 4.69) is 5.32 Å². The molecule has 0 atom stereocenters. The maximum Gasteiger partial charge on any atom is 0.119 e. The largest absolute Gasteiger partial charge is 0.395 e. The summed E-state index contributed by atoms with van der Waals surface area (Å²) >= 11 is 0. The van der Waals surface area contributed by atoms with Gasteiger partial charge in [-0.2, -0.15) is 0 Å². The zero-order chi connectivity index (χ0) is 9.78. The fourth-order valence-electron chi connectivity index (χ4n) is 1.21. The standard InChI is InChI=1S/C10H21NO2/c12-9-6-4-2-1-3-5-7-11-8-10-13/h9,11,13H,1-8,10H2. The zero-order valence-electron chi connectivity index (χ0n) is 8.30. The van der Waals surface area contributed by atoms with Crippen LogP contribution in [0, 0.1) is 0 Å². The van der Waals surface area contributed by atoms with Gasteiger partial charge in [-0.1, -0.05) is 19.3 Å². The fourth-order valence-corrected chi connectivity index (χ4v) is 1.21. The van der Waals surface area contributed by atoms with Gasteiger partial charge in [-0.25, -0.2) is 0 Å². The Morgan fingerprint density at radius 3 is 2.38 bits per heavy atom. The van der Waals surface area contributed by atoms with E-state index in [1.54, 1.807) is 0 Å². The number of rotatable bonds is 10. The number of unbranched alkanes of at least 4 members (excludes halogenated alkanes) is 5. The number of carbonyl (C=O) groups excluding carboxylic acids is 1. The zero-order valence-corrected chi connectivity index (χ0v) is 8.30. The van der Waals surface area contributed by atoms with Crippen LogP contribution in [0.5, 0.6) is 0 Å². The second-order valence-corrected chi connectivity index (χ2v) is 3.20. The summed E-state index contributed by atoms with van der Waals surface area (Å²) in [5.41, 5.74) is 0. The number of nitrogens with one attached hydrogen (secondary N) is 1. The Hall–Kier alpha value is -0.410. The van der Waals surface area contributed by atoms with E-state index in [1.807, 2.05) is 0 Å². The average Bonchev–Trinajstić information content (AvgIpc) is 2.16. The van der Waals surface area contributed by atoms with Crippen LogP contribution < -0.4 is 5.32 Å². The first-order valence-corrected chi connectivity index (χ1v) is 5.17. The van der Waals surface area contributed by atoms with E-state index in [1.165, 1.54) is 25.7 Å². The van der Waals surface area contributed by atoms with Gasteiger partial charge < -0.3 is 15.2 Å². The highest BCUT2D eigenvalue weighted by Crippen LogP contribution is 2.03. The third-order valence-corrected chi connectivity index (χ3v) is 1.96. The molecule has 2 N–H and O–H groups in total. The summed E-state index contributed by atoms with van der Waals surface area (Å²) in [5, 5.41) is 11.6. The van der Waals surface area contributed by atoms with Crippen molar-refractivity contribution in [2.45, 2.75) is 38.5 Å². The van der Waals surface area contributed by atoms with Gasteiger partial charge in [0, 0.05) is 13.0 Å². The number of hydrogen-bond donors (Lipinski definition) is 2. The number of carbonyl (C=O) groups is 1. The summed E-state index contributed by atoms with van der Waals surface area (Å²) in [6.07, 6.45) is 7.50. The molecule has 0 aromatic carbocycles. The van der Waals surface area contributed by atoms with Gasteiger partial charge in [-0.3, -0.25) is 0 Å². The van der Waals surface area contributed by atoms with Crippen molar-refractivity contribution in [2.24, 2.45) is 0 Å². The van der Waals surface area contributed by atoms with Crippen LogP contribution in [0.15, 0.2) is 0 Å². The molecule has 0 aromatic heterocycles. The van der Waals surface area contributed by atoms with Crippen LogP contribution in [0.2, 0.25) is 0 Å². The van der Waals surface area contributed by atoms with E-state index in [4.69, 9.17) is 5.11 Å². The van der Waals surface area contributed by atoms with E-state index >= 15 is 0 Å². The van der Waals surface area contributed by atoms with Crippen LogP contribution in [0.3, 0.4) is 0 Å². The molecule has 0 heterocycles. The molecule has 78 valence electrons. The molecule has 3 heteroatoms. The lowest BCUT2D eigenvalue weighted by atomic mass is 10.1. The highest BCUT2D eigenvalue weighted by molar-refractivity contribution is 5.48. The first kappa shape index (κ1) is 12.6. The predicted molar refractivity (Wildman–Crippen MR) is 53.7 cm³/mol. The van der Waals surface area contributed by atoms with Crippen molar-refractivity contribution >= 4 is 6.29 Å². The van der Waals surface area contributed by atoms with Gasteiger partial charge in [0.25, 0.3) is 0 Å². The van der Waals surface area contributed by atoms with E-state index < -0.39 is 0 Å². The van der Waals surface area contributed by atoms with Crippen molar-refractivity contribution in [1.29, 1.82) is 0 Å². The molecule has 0 aliphatic carbocycles. The van der Waals surface area contributed by atoms with Gasteiger partial charge in [0.1, 0.15) is 6.29 Å². The monoisotopic (exact) mass is 187 g/mol. The van der Waals surface area contributed by atoms with Crippen molar-refractivity contribution in [3.8, 4) is 0 Å². The first-order valence-electron chi connectivity index (χ1n) is 5.17. The van der Waals surface area contributed by atoms with Crippen LogP contribution in [-0.4, -0.2) is 31.1 Å².